The maximum atomic E-state index is 12.3. The second kappa shape index (κ2) is 7.59. The molecular formula is C21H18N4O4. The van der Waals surface area contributed by atoms with E-state index in [-0.39, 0.29) is 18.7 Å². The summed E-state index contributed by atoms with van der Waals surface area (Å²) < 4.78 is 5.76. The van der Waals surface area contributed by atoms with Gasteiger partial charge in [-0.05, 0) is 43.7 Å². The fraction of sp³-hybridized carbons (Fsp3) is 0.143. The predicted molar refractivity (Wildman–Crippen MR) is 109 cm³/mol. The molecule has 0 radical (unpaired) electrons. The summed E-state index contributed by atoms with van der Waals surface area (Å²) in [7, 11) is 0. The van der Waals surface area contributed by atoms with Gasteiger partial charge in [-0.2, -0.15) is 0 Å². The molecule has 29 heavy (non-hydrogen) atoms. The van der Waals surface area contributed by atoms with Crippen LogP contribution in [-0.2, 0) is 11.2 Å². The van der Waals surface area contributed by atoms with Crippen molar-refractivity contribution in [2.45, 2.75) is 19.8 Å². The number of nitrogens with zero attached hydrogens (tertiary/aromatic N) is 1. The minimum Gasteiger partial charge on any atom is -0.436 e. The van der Waals surface area contributed by atoms with Crippen LogP contribution in [-0.4, -0.2) is 20.9 Å². The second-order valence-electron chi connectivity index (χ2n) is 6.63. The van der Waals surface area contributed by atoms with Crippen molar-refractivity contribution < 1.29 is 9.21 Å². The first-order chi connectivity index (χ1) is 14.0. The van der Waals surface area contributed by atoms with E-state index in [1.807, 2.05) is 30.3 Å². The second-order valence-corrected chi connectivity index (χ2v) is 6.63. The monoisotopic (exact) mass is 390 g/mol. The topological polar surface area (TPSA) is 121 Å². The summed E-state index contributed by atoms with van der Waals surface area (Å²) in [6.07, 6.45) is 0.317. The lowest BCUT2D eigenvalue weighted by atomic mass is 10.1. The maximum absolute atomic E-state index is 12.3. The van der Waals surface area contributed by atoms with Crippen molar-refractivity contribution in [3.63, 3.8) is 0 Å². The molecule has 2 heterocycles. The van der Waals surface area contributed by atoms with E-state index in [1.165, 1.54) is 0 Å². The number of H-pyrrole nitrogens is 2. The van der Waals surface area contributed by atoms with Crippen molar-refractivity contribution in [2.75, 3.05) is 5.32 Å². The van der Waals surface area contributed by atoms with Crippen LogP contribution < -0.4 is 16.6 Å². The summed E-state index contributed by atoms with van der Waals surface area (Å²) in [5, 5.41) is 2.81. The zero-order valence-corrected chi connectivity index (χ0v) is 15.6. The number of carbonyl (C=O) groups is 1. The molecule has 146 valence electrons. The Labute approximate surface area is 164 Å². The number of carbonyl (C=O) groups excluding carboxylic acids is 1. The predicted octanol–water partition coefficient (Wildman–Crippen LogP) is 2.75. The normalized spacial score (nSPS) is 10.9. The van der Waals surface area contributed by atoms with E-state index in [0.29, 0.717) is 28.4 Å². The first kappa shape index (κ1) is 18.4. The summed E-state index contributed by atoms with van der Waals surface area (Å²) >= 11 is 0. The Kier molecular flexibility index (Phi) is 4.82. The van der Waals surface area contributed by atoms with Crippen molar-refractivity contribution in [3.05, 3.63) is 80.6 Å². The van der Waals surface area contributed by atoms with Gasteiger partial charge in [0.25, 0.3) is 5.56 Å². The number of oxazole rings is 1. The smallest absolute Gasteiger partial charge is 0.325 e. The molecule has 4 rings (SSSR count). The van der Waals surface area contributed by atoms with Crippen molar-refractivity contribution in [3.8, 4) is 11.5 Å². The third-order valence-electron chi connectivity index (χ3n) is 4.54. The lowest BCUT2D eigenvalue weighted by Crippen LogP contribution is -2.27. The third-order valence-corrected chi connectivity index (χ3v) is 4.54. The quantitative estimate of drug-likeness (QED) is 0.484. The van der Waals surface area contributed by atoms with E-state index in [9.17, 15) is 14.4 Å². The zero-order valence-electron chi connectivity index (χ0n) is 15.6. The molecule has 3 N–H and O–H groups in total. The molecule has 0 atom stereocenters. The lowest BCUT2D eigenvalue weighted by molar-refractivity contribution is -0.116. The Bertz CT molecular complexity index is 1280. The Morgan fingerprint density at radius 3 is 2.72 bits per heavy atom. The summed E-state index contributed by atoms with van der Waals surface area (Å²) in [5.74, 6) is 0.224. The molecule has 0 bridgehead atoms. The summed E-state index contributed by atoms with van der Waals surface area (Å²) in [4.78, 5) is 44.6. The average molecular weight is 390 g/mol. The highest BCUT2D eigenvalue weighted by Crippen LogP contribution is 2.26. The lowest BCUT2D eigenvalue weighted by Gasteiger charge is -2.07. The highest BCUT2D eigenvalue weighted by Gasteiger charge is 2.11. The Morgan fingerprint density at radius 1 is 1.10 bits per heavy atom. The number of amides is 1. The van der Waals surface area contributed by atoms with Crippen LogP contribution in [0.2, 0.25) is 0 Å². The average Bonchev–Trinajstić information content (AvgIpc) is 3.11. The van der Waals surface area contributed by atoms with Gasteiger partial charge in [0.1, 0.15) is 5.52 Å². The number of nitrogens with one attached hydrogen (secondary N) is 3. The molecule has 1 amide bonds. The standard InChI is InChI=1S/C21H18N4O4/c1-12-15(19(27)25-21(28)22-12)9-10-18(26)23-14-6-4-5-13(11-14)20-24-16-7-2-3-8-17(16)29-20/h2-8,11H,9-10H2,1H3,(H,23,26)(H2,22,25,27,28). The molecule has 0 aliphatic rings. The van der Waals surface area contributed by atoms with Gasteiger partial charge in [-0.15, -0.1) is 0 Å². The van der Waals surface area contributed by atoms with E-state index >= 15 is 0 Å². The summed E-state index contributed by atoms with van der Waals surface area (Å²) in [6.45, 7) is 1.63. The first-order valence-corrected chi connectivity index (χ1v) is 9.07. The molecule has 0 fully saturated rings. The number of rotatable bonds is 5. The minimum atomic E-state index is -0.559. The Hall–Kier alpha value is -3.94. The molecule has 0 aliphatic carbocycles. The minimum absolute atomic E-state index is 0.100. The Balaban J connectivity index is 1.47. The number of fused-ring (bicyclic) bond motifs is 1. The summed E-state index contributed by atoms with van der Waals surface area (Å²) in [6, 6.07) is 14.7. The number of benzene rings is 2. The van der Waals surface area contributed by atoms with Gasteiger partial charge < -0.3 is 14.7 Å². The van der Waals surface area contributed by atoms with Crippen molar-refractivity contribution in [1.29, 1.82) is 0 Å². The highest BCUT2D eigenvalue weighted by atomic mass is 16.3. The number of para-hydroxylation sites is 2. The van der Waals surface area contributed by atoms with Gasteiger partial charge >= 0.3 is 5.69 Å². The highest BCUT2D eigenvalue weighted by molar-refractivity contribution is 5.91. The SMILES string of the molecule is Cc1[nH]c(=O)[nH]c(=O)c1CCC(=O)Nc1cccc(-c2nc3ccccc3o2)c1. The van der Waals surface area contributed by atoms with Gasteiger partial charge in [0, 0.05) is 28.9 Å². The molecule has 8 heteroatoms. The zero-order chi connectivity index (χ0) is 20.4. The maximum Gasteiger partial charge on any atom is 0.325 e. The number of aryl methyl sites for hydroxylation is 1. The fourth-order valence-corrected chi connectivity index (χ4v) is 3.11. The van der Waals surface area contributed by atoms with Crippen molar-refractivity contribution in [1.82, 2.24) is 15.0 Å². The number of hydrogen-bond donors (Lipinski definition) is 3. The van der Waals surface area contributed by atoms with Crippen LogP contribution in [0.25, 0.3) is 22.6 Å². The molecule has 8 nitrogen and oxygen atoms in total. The van der Waals surface area contributed by atoms with E-state index < -0.39 is 11.2 Å². The van der Waals surface area contributed by atoms with E-state index in [0.717, 1.165) is 11.1 Å². The fourth-order valence-electron chi connectivity index (χ4n) is 3.11. The van der Waals surface area contributed by atoms with Crippen molar-refractivity contribution >= 4 is 22.7 Å². The number of anilines is 1. The van der Waals surface area contributed by atoms with Crippen LogP contribution in [0.5, 0.6) is 0 Å². The van der Waals surface area contributed by atoms with E-state index in [2.05, 4.69) is 20.3 Å². The van der Waals surface area contributed by atoms with E-state index in [4.69, 9.17) is 4.42 Å². The Morgan fingerprint density at radius 2 is 1.93 bits per heavy atom. The van der Waals surface area contributed by atoms with Crippen LogP contribution in [0.15, 0.2) is 62.5 Å². The molecule has 0 saturated carbocycles. The largest absolute Gasteiger partial charge is 0.436 e. The number of aromatic amines is 2. The molecule has 0 saturated heterocycles. The van der Waals surface area contributed by atoms with Crippen LogP contribution in [0, 0.1) is 6.92 Å². The number of aromatic nitrogens is 3. The van der Waals surface area contributed by atoms with Crippen LogP contribution in [0.4, 0.5) is 5.69 Å². The molecule has 0 unspecified atom stereocenters. The molecule has 4 aromatic rings. The van der Waals surface area contributed by atoms with Gasteiger partial charge in [-0.1, -0.05) is 18.2 Å². The van der Waals surface area contributed by atoms with Gasteiger partial charge in [-0.25, -0.2) is 9.78 Å². The van der Waals surface area contributed by atoms with Gasteiger partial charge in [-0.3, -0.25) is 14.6 Å². The van der Waals surface area contributed by atoms with Crippen LogP contribution in [0.1, 0.15) is 17.7 Å². The van der Waals surface area contributed by atoms with Gasteiger partial charge in [0.05, 0.1) is 0 Å². The third kappa shape index (κ3) is 4.01. The molecule has 0 aliphatic heterocycles. The van der Waals surface area contributed by atoms with E-state index in [1.54, 1.807) is 25.1 Å². The molecule has 0 spiro atoms. The molecule has 2 aromatic heterocycles. The van der Waals surface area contributed by atoms with Crippen LogP contribution >= 0.6 is 0 Å². The van der Waals surface area contributed by atoms with Gasteiger partial charge in [0.15, 0.2) is 5.58 Å². The van der Waals surface area contributed by atoms with Crippen LogP contribution in [0.3, 0.4) is 0 Å². The summed E-state index contributed by atoms with van der Waals surface area (Å²) in [5.41, 5.74) is 2.61. The first-order valence-electron chi connectivity index (χ1n) is 9.07. The molecule has 2 aromatic carbocycles. The van der Waals surface area contributed by atoms with Crippen molar-refractivity contribution in [2.24, 2.45) is 0 Å². The molecular weight excluding hydrogens is 372 g/mol. The van der Waals surface area contributed by atoms with Gasteiger partial charge in [0.2, 0.25) is 11.8 Å². The number of hydrogen-bond acceptors (Lipinski definition) is 5.